The summed E-state index contributed by atoms with van der Waals surface area (Å²) in [6.45, 7) is 12.3. The monoisotopic (exact) mass is 297 g/mol. The fraction of sp³-hybridized carbons (Fsp3) is 0.625. The van der Waals surface area contributed by atoms with Gasteiger partial charge >= 0.3 is 6.09 Å². The molecule has 1 aliphatic heterocycles. The largest absolute Gasteiger partial charge is 0.443 e. The number of halogens is 1. The number of nitrogens with zero attached hydrogens (tertiary/aromatic N) is 1. The van der Waals surface area contributed by atoms with Gasteiger partial charge in [0.2, 0.25) is 0 Å². The fourth-order valence-electron chi connectivity index (χ4n) is 2.36. The smallest absolute Gasteiger partial charge is 0.417 e. The quantitative estimate of drug-likeness (QED) is 0.729. The van der Waals surface area contributed by atoms with Crippen molar-refractivity contribution in [3.8, 4) is 0 Å². The second-order valence-electron chi connectivity index (χ2n) is 6.52. The van der Waals surface area contributed by atoms with E-state index in [2.05, 4.69) is 6.58 Å². The molecule has 0 N–H and O–H groups in total. The van der Waals surface area contributed by atoms with Gasteiger partial charge in [-0.3, -0.25) is 4.79 Å². The van der Waals surface area contributed by atoms with Crippen molar-refractivity contribution >= 4 is 12.0 Å². The molecule has 0 aliphatic carbocycles. The van der Waals surface area contributed by atoms with Crippen LogP contribution in [0.15, 0.2) is 24.3 Å². The van der Waals surface area contributed by atoms with Crippen LogP contribution in [0.25, 0.3) is 0 Å². The first-order chi connectivity index (χ1) is 9.53. The average Bonchev–Trinajstić information content (AvgIpc) is 2.32. The minimum Gasteiger partial charge on any atom is -0.443 e. The van der Waals surface area contributed by atoms with Gasteiger partial charge in [-0.1, -0.05) is 18.7 Å². The van der Waals surface area contributed by atoms with Gasteiger partial charge in [0.05, 0.1) is 5.54 Å². The molecule has 0 aromatic carbocycles. The number of amides is 2. The van der Waals surface area contributed by atoms with E-state index in [0.717, 1.165) is 10.5 Å². The first-order valence-electron chi connectivity index (χ1n) is 7.04. The van der Waals surface area contributed by atoms with Crippen LogP contribution in [0.5, 0.6) is 0 Å². The summed E-state index contributed by atoms with van der Waals surface area (Å²) in [5.74, 6) is -0.838. The van der Waals surface area contributed by atoms with Gasteiger partial charge in [0.15, 0.2) is 6.17 Å². The van der Waals surface area contributed by atoms with Gasteiger partial charge in [0.25, 0.3) is 5.91 Å². The normalized spacial score (nSPS) is 27.5. The van der Waals surface area contributed by atoms with Crippen molar-refractivity contribution in [1.82, 2.24) is 4.90 Å². The highest BCUT2D eigenvalue weighted by molar-refractivity contribution is 5.96. The maximum atomic E-state index is 13.8. The van der Waals surface area contributed by atoms with E-state index in [0.29, 0.717) is 6.42 Å². The van der Waals surface area contributed by atoms with Crippen molar-refractivity contribution in [3.05, 3.63) is 24.3 Å². The molecule has 0 aromatic heterocycles. The second-order valence-corrected chi connectivity index (χ2v) is 6.52. The summed E-state index contributed by atoms with van der Waals surface area (Å²) < 4.78 is 19.0. The van der Waals surface area contributed by atoms with E-state index in [9.17, 15) is 14.0 Å². The third kappa shape index (κ3) is 3.71. The Labute approximate surface area is 125 Å². The summed E-state index contributed by atoms with van der Waals surface area (Å²) >= 11 is 0. The van der Waals surface area contributed by atoms with E-state index in [-0.39, 0.29) is 6.42 Å². The van der Waals surface area contributed by atoms with Crippen LogP contribution in [0.4, 0.5) is 9.18 Å². The number of carbonyl (C=O) groups is 2. The maximum Gasteiger partial charge on any atom is 0.417 e. The number of imide groups is 1. The third-order valence-corrected chi connectivity index (χ3v) is 3.66. The van der Waals surface area contributed by atoms with Gasteiger partial charge in [-0.15, -0.1) is 0 Å². The number of carbonyl (C=O) groups excluding carboxylic acids is 2. The van der Waals surface area contributed by atoms with Crippen LogP contribution in [0.1, 0.15) is 47.5 Å². The number of alkyl halides is 1. The Bertz CT molecular complexity index is 478. The molecule has 5 heteroatoms. The molecule has 1 aliphatic rings. The fourth-order valence-corrected chi connectivity index (χ4v) is 2.36. The zero-order valence-corrected chi connectivity index (χ0v) is 13.4. The van der Waals surface area contributed by atoms with E-state index in [1.54, 1.807) is 46.8 Å². The summed E-state index contributed by atoms with van der Waals surface area (Å²) in [5, 5.41) is 0. The molecule has 0 spiro atoms. The Hall–Kier alpha value is -1.65. The lowest BCUT2D eigenvalue weighted by molar-refractivity contribution is -0.144. The first kappa shape index (κ1) is 17.4. The average molecular weight is 297 g/mol. The maximum absolute atomic E-state index is 13.8. The van der Waals surface area contributed by atoms with Crippen molar-refractivity contribution in [3.63, 3.8) is 0 Å². The van der Waals surface area contributed by atoms with Crippen LogP contribution in [0, 0.1) is 0 Å². The zero-order valence-electron chi connectivity index (χ0n) is 13.4. The Kier molecular flexibility index (Phi) is 4.97. The molecule has 1 heterocycles. The van der Waals surface area contributed by atoms with Gasteiger partial charge in [-0.2, -0.15) is 0 Å². The molecule has 1 unspecified atom stereocenters. The van der Waals surface area contributed by atoms with E-state index in [1.807, 2.05) is 0 Å². The Morgan fingerprint density at radius 3 is 2.57 bits per heavy atom. The summed E-state index contributed by atoms with van der Waals surface area (Å²) in [4.78, 5) is 25.4. The molecule has 1 rings (SSSR count). The SMILES string of the molecule is C=C/C=C(\C)[C@]1(C)CCC(F)C(=O)N1C(=O)OC(C)(C)C. The molecular formula is C16H24FNO3. The lowest BCUT2D eigenvalue weighted by atomic mass is 9.81. The summed E-state index contributed by atoms with van der Waals surface area (Å²) in [5.41, 5.74) is -0.878. The number of ether oxygens (including phenoxy) is 1. The minimum absolute atomic E-state index is 0.0942. The number of hydrogen-bond donors (Lipinski definition) is 0. The standard InChI is InChI=1S/C16H24FNO3/c1-7-8-11(2)16(6)10-9-12(17)13(19)18(16)14(20)21-15(3,4)5/h7-8,12H,1,9-10H2,2-6H3/b11-8+/t12?,16-/m0/s1. The van der Waals surface area contributed by atoms with Gasteiger partial charge in [0.1, 0.15) is 5.60 Å². The molecule has 118 valence electrons. The summed E-state index contributed by atoms with van der Waals surface area (Å²) in [6.07, 6.45) is 1.28. The van der Waals surface area contributed by atoms with Gasteiger partial charge in [0, 0.05) is 0 Å². The minimum atomic E-state index is -1.66. The first-order valence-corrected chi connectivity index (χ1v) is 7.04. The van der Waals surface area contributed by atoms with Crippen LogP contribution < -0.4 is 0 Å². The van der Waals surface area contributed by atoms with Crippen LogP contribution in [0.3, 0.4) is 0 Å². The van der Waals surface area contributed by atoms with Gasteiger partial charge in [-0.05, 0) is 53.0 Å². The Morgan fingerprint density at radius 1 is 1.52 bits per heavy atom. The topological polar surface area (TPSA) is 46.6 Å². The Balaban J connectivity index is 3.22. The Morgan fingerprint density at radius 2 is 2.10 bits per heavy atom. The lowest BCUT2D eigenvalue weighted by Crippen LogP contribution is -2.60. The van der Waals surface area contributed by atoms with Crippen molar-refractivity contribution in [2.45, 2.75) is 64.8 Å². The number of hydrogen-bond acceptors (Lipinski definition) is 3. The molecule has 0 aromatic rings. The van der Waals surface area contributed by atoms with Crippen LogP contribution in [-0.4, -0.2) is 34.2 Å². The van der Waals surface area contributed by atoms with E-state index < -0.39 is 29.3 Å². The second kappa shape index (κ2) is 6.00. The van der Waals surface area contributed by atoms with Crippen LogP contribution in [0.2, 0.25) is 0 Å². The van der Waals surface area contributed by atoms with E-state index in [4.69, 9.17) is 4.74 Å². The number of piperidine rings is 1. The highest BCUT2D eigenvalue weighted by Gasteiger charge is 2.49. The summed E-state index contributed by atoms with van der Waals surface area (Å²) in [7, 11) is 0. The van der Waals surface area contributed by atoms with Crippen molar-refractivity contribution in [2.24, 2.45) is 0 Å². The van der Waals surface area contributed by atoms with E-state index in [1.165, 1.54) is 0 Å². The third-order valence-electron chi connectivity index (χ3n) is 3.66. The lowest BCUT2D eigenvalue weighted by Gasteiger charge is -2.45. The molecular weight excluding hydrogens is 273 g/mol. The predicted molar refractivity (Wildman–Crippen MR) is 79.6 cm³/mol. The molecule has 1 fully saturated rings. The van der Waals surface area contributed by atoms with Crippen LogP contribution in [-0.2, 0) is 9.53 Å². The summed E-state index contributed by atoms with van der Waals surface area (Å²) in [6, 6.07) is 0. The number of likely N-dealkylation sites (tertiary alicyclic amines) is 1. The number of allylic oxidation sites excluding steroid dienone is 2. The molecule has 0 radical (unpaired) electrons. The van der Waals surface area contributed by atoms with Crippen molar-refractivity contribution in [1.29, 1.82) is 0 Å². The van der Waals surface area contributed by atoms with Crippen molar-refractivity contribution < 1.29 is 18.7 Å². The molecule has 1 saturated heterocycles. The zero-order chi connectivity index (χ0) is 16.4. The van der Waals surface area contributed by atoms with Gasteiger partial charge in [-0.25, -0.2) is 14.1 Å². The molecule has 2 atom stereocenters. The highest BCUT2D eigenvalue weighted by atomic mass is 19.1. The number of rotatable bonds is 2. The van der Waals surface area contributed by atoms with Gasteiger partial charge < -0.3 is 4.74 Å². The molecule has 0 bridgehead atoms. The van der Waals surface area contributed by atoms with Crippen molar-refractivity contribution in [2.75, 3.05) is 0 Å². The highest BCUT2D eigenvalue weighted by Crippen LogP contribution is 2.37. The molecule has 21 heavy (non-hydrogen) atoms. The van der Waals surface area contributed by atoms with E-state index >= 15 is 0 Å². The molecule has 4 nitrogen and oxygen atoms in total. The van der Waals surface area contributed by atoms with Crippen LogP contribution >= 0.6 is 0 Å². The molecule has 2 amide bonds. The molecule has 0 saturated carbocycles. The predicted octanol–water partition coefficient (Wildman–Crippen LogP) is 3.77.